The monoisotopic (exact) mass is 1120 g/mol. The lowest BCUT2D eigenvalue weighted by molar-refractivity contribution is 0.0690. The van der Waals surface area contributed by atoms with Crippen LogP contribution in [0.5, 0.6) is 23.0 Å². The van der Waals surface area contributed by atoms with Crippen LogP contribution >= 0.6 is 11.3 Å². The summed E-state index contributed by atoms with van der Waals surface area (Å²) < 4.78 is 38.5. The van der Waals surface area contributed by atoms with Gasteiger partial charge in [-0.3, -0.25) is 9.78 Å². The van der Waals surface area contributed by atoms with E-state index in [1.54, 1.807) is 59.9 Å². The van der Waals surface area contributed by atoms with E-state index in [1.807, 2.05) is 76.2 Å². The van der Waals surface area contributed by atoms with Crippen LogP contribution in [0.4, 0.5) is 0 Å². The van der Waals surface area contributed by atoms with Gasteiger partial charge < -0.3 is 53.2 Å². The van der Waals surface area contributed by atoms with Gasteiger partial charge in [0.1, 0.15) is 11.4 Å². The van der Waals surface area contributed by atoms with Gasteiger partial charge in [0.2, 0.25) is 17.5 Å². The number of benzene rings is 4. The number of ether oxygens (including phenoxy) is 4. The molecule has 4 aromatic carbocycles. The summed E-state index contributed by atoms with van der Waals surface area (Å²) in [5.41, 5.74) is 6.91. The predicted molar refractivity (Wildman–Crippen MR) is 301 cm³/mol. The number of carboxylic acids is 1. The molecule has 0 saturated carbocycles. The average molecular weight is 1120 g/mol. The number of aromatic carboxylic acids is 1. The molecule has 1 amide bonds. The second kappa shape index (κ2) is 28.3. The molecular formula is C59H57N9O12S. The Kier molecular flexibility index (Phi) is 20.1. The normalized spacial score (nSPS) is 10.7. The Labute approximate surface area is 469 Å². The molecule has 21 nitrogen and oxygen atoms in total. The third kappa shape index (κ3) is 14.9. The fraction of sp³-hybridized carbons (Fsp3) is 0.220. The first kappa shape index (κ1) is 57.5. The predicted octanol–water partition coefficient (Wildman–Crippen LogP) is 10.6. The van der Waals surface area contributed by atoms with Gasteiger partial charge in [-0.25, -0.2) is 9.78 Å². The van der Waals surface area contributed by atoms with Crippen molar-refractivity contribution >= 4 is 23.2 Å². The molecule has 0 aliphatic heterocycles. The fourth-order valence-corrected chi connectivity index (χ4v) is 8.77. The van der Waals surface area contributed by atoms with Gasteiger partial charge in [-0.2, -0.15) is 15.0 Å². The van der Waals surface area contributed by atoms with Crippen LogP contribution in [0, 0.1) is 6.92 Å². The molecule has 0 spiro atoms. The zero-order chi connectivity index (χ0) is 57.1. The van der Waals surface area contributed by atoms with Gasteiger partial charge in [-0.1, -0.05) is 70.1 Å². The zero-order valence-electron chi connectivity index (χ0n) is 44.9. The molecule has 0 unspecified atom stereocenters. The number of hydrogen-bond donors (Lipinski definition) is 4. The SMILES string of the molecule is CCOc1ccc(-c2nc(-c3ccnc(C(=O)NCCO)c3)no2)cc1OCC.CCOc1ccc(-c2nc(-c3ccnc(C(=O)O)c3)no2)cc1OCC.Cc1sc(-c2nc(-c3ccc(CCO)cc3)no2)cc1-c1ccccc1. The lowest BCUT2D eigenvalue weighted by Gasteiger charge is -2.11. The molecule has 10 aromatic rings. The van der Waals surface area contributed by atoms with E-state index >= 15 is 0 Å². The minimum atomic E-state index is -1.12. The number of carboxylic acid groups (broad SMARTS) is 1. The van der Waals surface area contributed by atoms with E-state index in [2.05, 4.69) is 70.8 Å². The molecule has 0 bridgehead atoms. The lowest BCUT2D eigenvalue weighted by atomic mass is 10.1. The Bertz CT molecular complexity index is 3660. The minimum absolute atomic E-state index is 0.0893. The maximum atomic E-state index is 12.0. The second-order valence-electron chi connectivity index (χ2n) is 17.1. The Morgan fingerprint density at radius 2 is 1.02 bits per heavy atom. The molecule has 6 aromatic heterocycles. The number of hydrogen-bond acceptors (Lipinski definition) is 20. The smallest absolute Gasteiger partial charge is 0.354 e. The number of aliphatic hydroxyl groups is 2. The number of nitrogens with zero attached hydrogens (tertiary/aromatic N) is 8. The van der Waals surface area contributed by atoms with Crippen molar-refractivity contribution in [1.29, 1.82) is 0 Å². The fourth-order valence-electron chi connectivity index (χ4n) is 7.81. The van der Waals surface area contributed by atoms with Crippen molar-refractivity contribution < 1.29 is 57.4 Å². The van der Waals surface area contributed by atoms with Crippen molar-refractivity contribution in [1.82, 2.24) is 45.7 Å². The summed E-state index contributed by atoms with van der Waals surface area (Å²) in [5.74, 6) is 3.26. The summed E-state index contributed by atoms with van der Waals surface area (Å²) in [6.07, 6.45) is 3.52. The number of aromatic nitrogens is 8. The lowest BCUT2D eigenvalue weighted by Crippen LogP contribution is -2.27. The molecule has 0 atom stereocenters. The van der Waals surface area contributed by atoms with Crippen LogP contribution in [0.3, 0.4) is 0 Å². The summed E-state index contributed by atoms with van der Waals surface area (Å²) in [6, 6.07) is 37.2. The Balaban J connectivity index is 0.000000160. The van der Waals surface area contributed by atoms with Crippen molar-refractivity contribution in [2.75, 3.05) is 46.2 Å². The van der Waals surface area contributed by atoms with Gasteiger partial charge in [0.25, 0.3) is 23.6 Å². The van der Waals surface area contributed by atoms with E-state index in [0.717, 1.165) is 16.0 Å². The van der Waals surface area contributed by atoms with Crippen LogP contribution in [0.25, 0.3) is 79.0 Å². The first-order valence-corrected chi connectivity index (χ1v) is 26.6. The number of rotatable bonds is 21. The summed E-state index contributed by atoms with van der Waals surface area (Å²) in [6.45, 7) is 11.9. The Morgan fingerprint density at radius 1 is 0.531 bits per heavy atom. The van der Waals surface area contributed by atoms with Gasteiger partial charge >= 0.3 is 5.97 Å². The van der Waals surface area contributed by atoms with Crippen LogP contribution in [0.2, 0.25) is 0 Å². The molecule has 0 aliphatic carbocycles. The van der Waals surface area contributed by atoms with Crippen molar-refractivity contribution in [3.05, 3.63) is 156 Å². The minimum Gasteiger partial charge on any atom is -0.490 e. The van der Waals surface area contributed by atoms with E-state index < -0.39 is 11.9 Å². The van der Waals surface area contributed by atoms with Crippen LogP contribution in [-0.2, 0) is 6.42 Å². The van der Waals surface area contributed by atoms with Crippen LogP contribution in [-0.4, -0.2) is 114 Å². The quantitative estimate of drug-likeness (QED) is 0.0520. The van der Waals surface area contributed by atoms with Crippen molar-refractivity contribution in [2.24, 2.45) is 0 Å². The highest BCUT2D eigenvalue weighted by Gasteiger charge is 2.19. The van der Waals surface area contributed by atoms with E-state index in [4.69, 9.17) is 47.8 Å². The maximum absolute atomic E-state index is 12.0. The molecule has 416 valence electrons. The zero-order valence-corrected chi connectivity index (χ0v) is 45.7. The van der Waals surface area contributed by atoms with Crippen molar-refractivity contribution in [3.63, 3.8) is 0 Å². The molecular weight excluding hydrogens is 1060 g/mol. The highest BCUT2D eigenvalue weighted by Crippen LogP contribution is 2.38. The molecule has 0 fully saturated rings. The summed E-state index contributed by atoms with van der Waals surface area (Å²) in [5, 5.41) is 41.5. The summed E-state index contributed by atoms with van der Waals surface area (Å²) in [4.78, 5) is 46.4. The molecule has 6 heterocycles. The third-order valence-corrected chi connectivity index (χ3v) is 12.6. The molecule has 4 N–H and O–H groups in total. The molecule has 0 saturated heterocycles. The average Bonchev–Trinajstić information content (AvgIpc) is 4.45. The number of carbonyl (C=O) groups excluding carboxylic acids is 1. The molecule has 22 heteroatoms. The molecule has 0 aliphatic rings. The van der Waals surface area contributed by atoms with E-state index in [-0.39, 0.29) is 42.9 Å². The van der Waals surface area contributed by atoms with E-state index in [0.29, 0.717) is 102 Å². The van der Waals surface area contributed by atoms with Crippen molar-refractivity contribution in [3.8, 4) is 102 Å². The third-order valence-electron chi connectivity index (χ3n) is 11.6. The number of thiophene rings is 1. The number of amides is 1. The van der Waals surface area contributed by atoms with E-state index in [1.165, 1.54) is 34.5 Å². The largest absolute Gasteiger partial charge is 0.490 e. The first-order chi connectivity index (χ1) is 39.5. The Morgan fingerprint density at radius 3 is 1.56 bits per heavy atom. The number of aliphatic hydroxyl groups excluding tert-OH is 2. The molecule has 81 heavy (non-hydrogen) atoms. The number of carbonyl (C=O) groups is 2. The van der Waals surface area contributed by atoms with Crippen LogP contribution in [0.15, 0.2) is 147 Å². The first-order valence-electron chi connectivity index (χ1n) is 25.7. The van der Waals surface area contributed by atoms with Gasteiger partial charge in [-0.05, 0) is 124 Å². The number of nitrogens with one attached hydrogen (secondary N) is 1. The second-order valence-corrected chi connectivity index (χ2v) is 18.3. The van der Waals surface area contributed by atoms with Gasteiger partial charge in [0.15, 0.2) is 23.0 Å². The highest BCUT2D eigenvalue weighted by atomic mass is 32.1. The van der Waals surface area contributed by atoms with Crippen molar-refractivity contribution in [2.45, 2.75) is 41.0 Å². The number of pyridine rings is 2. The van der Waals surface area contributed by atoms with E-state index in [9.17, 15) is 9.59 Å². The maximum Gasteiger partial charge on any atom is 0.354 e. The van der Waals surface area contributed by atoms with Gasteiger partial charge in [0, 0.05) is 58.2 Å². The summed E-state index contributed by atoms with van der Waals surface area (Å²) in [7, 11) is 0. The summed E-state index contributed by atoms with van der Waals surface area (Å²) >= 11 is 1.66. The highest BCUT2D eigenvalue weighted by molar-refractivity contribution is 7.15. The standard InChI is InChI=1S/C21H18N2O2S.C20H22N4O5.C18H17N3O5/c1-14-18(16-5-3-2-4-6-16)13-19(26-14)21-22-20(23-25-21)17-9-7-15(8-10-17)11-12-24;1-3-27-16-6-5-14(12-17(16)28-4-2)20-23-18(24-29-20)13-7-8-21-15(11-13)19(26)22-9-10-25;1-3-24-14-6-5-12(10-15(14)25-4-2)17-20-16(21-26-17)11-7-8-19-13(9-11)18(22)23/h2-10,13,24H,11-12H2,1H3;5-8,11-12,25H,3-4,9-10H2,1-2H3,(H,22,26);5-10H,3-4H2,1-2H3,(H,22,23). The van der Waals surface area contributed by atoms with Crippen LogP contribution < -0.4 is 24.3 Å². The van der Waals surface area contributed by atoms with Gasteiger partial charge in [0.05, 0.1) is 37.9 Å². The molecule has 0 radical (unpaired) electrons. The topological polar surface area (TPSA) is 286 Å². The number of aryl methyl sites for hydroxylation is 1. The van der Waals surface area contributed by atoms with Gasteiger partial charge in [-0.15, -0.1) is 11.3 Å². The Hall–Kier alpha value is -9.64. The van der Waals surface area contributed by atoms with Crippen LogP contribution in [0.1, 0.15) is 59.1 Å². The molecule has 10 rings (SSSR count).